The largest absolute Gasteiger partial charge is 0.467 e. The Kier molecular flexibility index (Phi) is 6.71. The maximum atomic E-state index is 13.0. The van der Waals surface area contributed by atoms with Gasteiger partial charge in [0.25, 0.3) is 5.91 Å². The SMILES string of the molecule is O=C(NCc1ccco1)c1cc(C2CCN(C(=O)CSc3ccc(F)cc3)CC2)[nH]n1. The number of H-pyrrole nitrogens is 1. The number of benzene rings is 1. The highest BCUT2D eigenvalue weighted by Crippen LogP contribution is 2.28. The third-order valence-corrected chi connectivity index (χ3v) is 6.29. The molecule has 3 heterocycles. The Bertz CT molecular complexity index is 1010. The van der Waals surface area contributed by atoms with Crippen LogP contribution in [0.25, 0.3) is 0 Å². The maximum Gasteiger partial charge on any atom is 0.272 e. The first-order valence-electron chi connectivity index (χ1n) is 10.1. The molecule has 31 heavy (non-hydrogen) atoms. The highest BCUT2D eigenvalue weighted by molar-refractivity contribution is 8.00. The number of amides is 2. The summed E-state index contributed by atoms with van der Waals surface area (Å²) in [6.45, 7) is 1.63. The van der Waals surface area contributed by atoms with Crippen LogP contribution in [0.3, 0.4) is 0 Å². The number of carbonyl (C=O) groups excluding carboxylic acids is 2. The number of hydrogen-bond acceptors (Lipinski definition) is 5. The second-order valence-electron chi connectivity index (χ2n) is 7.37. The summed E-state index contributed by atoms with van der Waals surface area (Å²) >= 11 is 1.41. The fraction of sp³-hybridized carbons (Fsp3) is 0.318. The van der Waals surface area contributed by atoms with Gasteiger partial charge in [-0.3, -0.25) is 14.7 Å². The lowest BCUT2D eigenvalue weighted by atomic mass is 9.93. The molecule has 0 radical (unpaired) electrons. The fourth-order valence-corrected chi connectivity index (χ4v) is 4.34. The van der Waals surface area contributed by atoms with Crippen LogP contribution in [0.2, 0.25) is 0 Å². The lowest BCUT2D eigenvalue weighted by molar-refractivity contribution is -0.129. The van der Waals surface area contributed by atoms with Crippen LogP contribution in [0.4, 0.5) is 4.39 Å². The number of aromatic amines is 1. The zero-order chi connectivity index (χ0) is 21.6. The van der Waals surface area contributed by atoms with E-state index in [0.717, 1.165) is 23.4 Å². The standard InChI is InChI=1S/C22H23FN4O3S/c23-16-3-5-18(6-4-16)31-14-21(28)27-9-7-15(8-10-27)19-12-20(26-25-19)22(29)24-13-17-2-1-11-30-17/h1-6,11-12,15H,7-10,13-14H2,(H,24,29)(H,25,26). The number of likely N-dealkylation sites (tertiary alicyclic amines) is 1. The highest BCUT2D eigenvalue weighted by Gasteiger charge is 2.25. The summed E-state index contributed by atoms with van der Waals surface area (Å²) in [6.07, 6.45) is 3.18. The van der Waals surface area contributed by atoms with Crippen LogP contribution in [-0.2, 0) is 11.3 Å². The molecule has 0 aliphatic carbocycles. The molecule has 1 fully saturated rings. The molecule has 2 amide bonds. The highest BCUT2D eigenvalue weighted by atomic mass is 32.2. The molecule has 2 N–H and O–H groups in total. The smallest absolute Gasteiger partial charge is 0.272 e. The van der Waals surface area contributed by atoms with Crippen LogP contribution in [0.15, 0.2) is 58.0 Å². The monoisotopic (exact) mass is 442 g/mol. The number of halogens is 1. The van der Waals surface area contributed by atoms with Crippen molar-refractivity contribution in [3.63, 3.8) is 0 Å². The average Bonchev–Trinajstić information content (AvgIpc) is 3.49. The molecule has 1 saturated heterocycles. The minimum absolute atomic E-state index is 0.0791. The zero-order valence-corrected chi connectivity index (χ0v) is 17.7. The van der Waals surface area contributed by atoms with Crippen LogP contribution in [0.5, 0.6) is 0 Å². The summed E-state index contributed by atoms with van der Waals surface area (Å²) in [7, 11) is 0. The minimum Gasteiger partial charge on any atom is -0.467 e. The Morgan fingerprint density at radius 1 is 1.23 bits per heavy atom. The number of carbonyl (C=O) groups is 2. The van der Waals surface area contributed by atoms with Crippen molar-refractivity contribution in [3.05, 3.63) is 71.7 Å². The van der Waals surface area contributed by atoms with Gasteiger partial charge in [-0.2, -0.15) is 5.10 Å². The molecule has 2 aromatic heterocycles. The third-order valence-electron chi connectivity index (χ3n) is 5.30. The van der Waals surface area contributed by atoms with Gasteiger partial charge in [-0.25, -0.2) is 4.39 Å². The fourth-order valence-electron chi connectivity index (χ4n) is 3.54. The van der Waals surface area contributed by atoms with Crippen molar-refractivity contribution in [2.24, 2.45) is 0 Å². The van der Waals surface area contributed by atoms with Gasteiger partial charge in [-0.1, -0.05) is 0 Å². The maximum absolute atomic E-state index is 13.0. The van der Waals surface area contributed by atoms with Crippen molar-refractivity contribution >= 4 is 23.6 Å². The molecule has 0 saturated carbocycles. The molecule has 3 aromatic rings. The molecule has 1 aliphatic rings. The van der Waals surface area contributed by atoms with Gasteiger partial charge >= 0.3 is 0 Å². The number of furan rings is 1. The number of thioether (sulfide) groups is 1. The molecule has 9 heteroatoms. The van der Waals surface area contributed by atoms with Gasteiger partial charge in [-0.05, 0) is 55.3 Å². The summed E-state index contributed by atoms with van der Waals surface area (Å²) in [6, 6.07) is 11.5. The third kappa shape index (κ3) is 5.55. The molecular formula is C22H23FN4O3S. The second-order valence-corrected chi connectivity index (χ2v) is 8.42. The Morgan fingerprint density at radius 2 is 2.00 bits per heavy atom. The lowest BCUT2D eigenvalue weighted by Gasteiger charge is -2.31. The Labute approximate surface area is 183 Å². The topological polar surface area (TPSA) is 91.2 Å². The quantitative estimate of drug-likeness (QED) is 0.546. The van der Waals surface area contributed by atoms with Gasteiger partial charge in [-0.15, -0.1) is 11.8 Å². The van der Waals surface area contributed by atoms with E-state index in [1.54, 1.807) is 36.6 Å². The molecule has 0 spiro atoms. The van der Waals surface area contributed by atoms with E-state index in [9.17, 15) is 14.0 Å². The van der Waals surface area contributed by atoms with E-state index in [4.69, 9.17) is 4.42 Å². The first-order chi connectivity index (χ1) is 15.1. The first kappa shape index (κ1) is 21.2. The van der Waals surface area contributed by atoms with Gasteiger partial charge in [0.05, 0.1) is 18.6 Å². The number of hydrogen-bond donors (Lipinski definition) is 2. The lowest BCUT2D eigenvalue weighted by Crippen LogP contribution is -2.39. The van der Waals surface area contributed by atoms with Gasteiger partial charge in [0.1, 0.15) is 17.3 Å². The molecule has 0 bridgehead atoms. The molecule has 162 valence electrons. The number of piperidine rings is 1. The average molecular weight is 443 g/mol. The molecule has 0 atom stereocenters. The van der Waals surface area contributed by atoms with E-state index in [0.29, 0.717) is 36.8 Å². The van der Waals surface area contributed by atoms with Crippen LogP contribution in [-0.4, -0.2) is 45.8 Å². The van der Waals surface area contributed by atoms with Gasteiger partial charge in [0.15, 0.2) is 0 Å². The number of rotatable bonds is 7. The van der Waals surface area contributed by atoms with Crippen LogP contribution >= 0.6 is 11.8 Å². The zero-order valence-electron chi connectivity index (χ0n) is 16.8. The van der Waals surface area contributed by atoms with Gasteiger partial charge in [0, 0.05) is 29.6 Å². The molecule has 4 rings (SSSR count). The summed E-state index contributed by atoms with van der Waals surface area (Å²) in [4.78, 5) is 27.5. The van der Waals surface area contributed by atoms with Crippen molar-refractivity contribution in [1.29, 1.82) is 0 Å². The van der Waals surface area contributed by atoms with Crippen molar-refractivity contribution in [2.45, 2.75) is 30.2 Å². The van der Waals surface area contributed by atoms with E-state index < -0.39 is 0 Å². The Morgan fingerprint density at radius 3 is 2.71 bits per heavy atom. The van der Waals surface area contributed by atoms with Crippen molar-refractivity contribution in [2.75, 3.05) is 18.8 Å². The summed E-state index contributed by atoms with van der Waals surface area (Å²) in [5.41, 5.74) is 1.26. The summed E-state index contributed by atoms with van der Waals surface area (Å²) in [5.74, 6) is 0.779. The van der Waals surface area contributed by atoms with E-state index >= 15 is 0 Å². The van der Waals surface area contributed by atoms with Crippen molar-refractivity contribution in [3.8, 4) is 0 Å². The predicted molar refractivity (Wildman–Crippen MR) is 114 cm³/mol. The van der Waals surface area contributed by atoms with Gasteiger partial charge < -0.3 is 14.6 Å². The minimum atomic E-state index is -0.283. The summed E-state index contributed by atoms with van der Waals surface area (Å²) in [5, 5.41) is 9.89. The first-order valence-corrected chi connectivity index (χ1v) is 11.1. The molecule has 1 aliphatic heterocycles. The van der Waals surface area contributed by atoms with E-state index in [-0.39, 0.29) is 23.5 Å². The Balaban J connectivity index is 1.23. The predicted octanol–water partition coefficient (Wildman–Crippen LogP) is 3.57. The molecular weight excluding hydrogens is 419 g/mol. The van der Waals surface area contributed by atoms with E-state index in [2.05, 4.69) is 15.5 Å². The normalized spacial score (nSPS) is 14.5. The van der Waals surface area contributed by atoms with Crippen LogP contribution < -0.4 is 5.32 Å². The van der Waals surface area contributed by atoms with Crippen molar-refractivity contribution in [1.82, 2.24) is 20.4 Å². The molecule has 7 nitrogen and oxygen atoms in total. The second kappa shape index (κ2) is 9.82. The van der Waals surface area contributed by atoms with Crippen LogP contribution in [0, 0.1) is 5.82 Å². The van der Waals surface area contributed by atoms with Crippen molar-refractivity contribution < 1.29 is 18.4 Å². The number of aromatic nitrogens is 2. The number of nitrogens with zero attached hydrogens (tertiary/aromatic N) is 2. The van der Waals surface area contributed by atoms with E-state index in [1.165, 1.54) is 23.9 Å². The molecule has 1 aromatic carbocycles. The Hall–Kier alpha value is -3.07. The number of nitrogens with one attached hydrogen (secondary N) is 2. The summed E-state index contributed by atoms with van der Waals surface area (Å²) < 4.78 is 18.2. The van der Waals surface area contributed by atoms with Crippen LogP contribution in [0.1, 0.15) is 40.7 Å². The van der Waals surface area contributed by atoms with Gasteiger partial charge in [0.2, 0.25) is 5.91 Å². The van der Waals surface area contributed by atoms with E-state index in [1.807, 2.05) is 4.90 Å². The molecule has 0 unspecified atom stereocenters.